The maximum absolute atomic E-state index is 11.9. The Morgan fingerprint density at radius 3 is 2.79 bits per heavy atom. The van der Waals surface area contributed by atoms with Gasteiger partial charge in [0.1, 0.15) is 5.69 Å². The molecule has 0 unspecified atom stereocenters. The van der Waals surface area contributed by atoms with Gasteiger partial charge in [0.25, 0.3) is 0 Å². The van der Waals surface area contributed by atoms with Crippen molar-refractivity contribution in [3.63, 3.8) is 0 Å². The largest absolute Gasteiger partial charge is 0.267 e. The van der Waals surface area contributed by atoms with Crippen LogP contribution in [-0.4, -0.2) is 35.0 Å². The Kier molecular flexibility index (Phi) is 4.14. The summed E-state index contributed by atoms with van der Waals surface area (Å²) in [6.45, 7) is 0.968. The van der Waals surface area contributed by atoms with E-state index in [1.165, 1.54) is 17.7 Å². The van der Waals surface area contributed by atoms with Crippen LogP contribution in [0.1, 0.15) is 36.9 Å². The Hall–Kier alpha value is -1.73. The molecule has 0 spiro atoms. The number of hydrogen-bond acceptors (Lipinski definition) is 4. The number of sulfonamides is 1. The molecule has 1 saturated carbocycles. The van der Waals surface area contributed by atoms with E-state index in [4.69, 9.17) is 5.10 Å². The van der Waals surface area contributed by atoms with Crippen molar-refractivity contribution in [2.75, 3.05) is 6.54 Å². The molecule has 1 N–H and O–H groups in total. The highest BCUT2D eigenvalue weighted by Gasteiger charge is 2.35. The third-order valence-corrected chi connectivity index (χ3v) is 6.71. The minimum Gasteiger partial charge on any atom is -0.267 e. The molecule has 2 aromatic rings. The quantitative estimate of drug-likeness (QED) is 0.867. The van der Waals surface area contributed by atoms with Crippen LogP contribution in [0.15, 0.2) is 24.4 Å². The van der Waals surface area contributed by atoms with Crippen LogP contribution in [0.5, 0.6) is 0 Å². The van der Waals surface area contributed by atoms with E-state index in [-0.39, 0.29) is 5.25 Å². The zero-order valence-corrected chi connectivity index (χ0v) is 14.4. The normalized spacial score (nSPS) is 17.7. The van der Waals surface area contributed by atoms with Crippen LogP contribution in [0, 0.1) is 0 Å². The Balaban J connectivity index is 1.56. The van der Waals surface area contributed by atoms with Crippen molar-refractivity contribution in [1.82, 2.24) is 19.5 Å². The first-order valence-corrected chi connectivity index (χ1v) is 10.2. The molecule has 24 heavy (non-hydrogen) atoms. The Labute approximate surface area is 142 Å². The van der Waals surface area contributed by atoms with Crippen LogP contribution in [0.25, 0.3) is 11.4 Å². The lowest BCUT2D eigenvalue weighted by Crippen LogP contribution is -2.31. The predicted molar refractivity (Wildman–Crippen MR) is 92.0 cm³/mol. The highest BCUT2D eigenvalue weighted by atomic mass is 32.2. The van der Waals surface area contributed by atoms with Gasteiger partial charge in [-0.25, -0.2) is 13.1 Å². The van der Waals surface area contributed by atoms with Gasteiger partial charge in [-0.3, -0.25) is 9.67 Å². The third-order valence-electron chi connectivity index (χ3n) is 4.75. The number of aromatic nitrogens is 3. The lowest BCUT2D eigenvalue weighted by Gasteiger charge is -2.14. The average Bonchev–Trinajstić information content (AvgIpc) is 3.40. The first kappa shape index (κ1) is 15.8. The molecule has 0 saturated heterocycles. The number of nitrogens with one attached hydrogen (secondary N) is 1. The van der Waals surface area contributed by atoms with Gasteiger partial charge < -0.3 is 0 Å². The fraction of sp³-hybridized carbons (Fsp3) is 0.529. The molecule has 0 amide bonds. The molecule has 2 heterocycles. The van der Waals surface area contributed by atoms with Gasteiger partial charge in [0.2, 0.25) is 10.0 Å². The summed E-state index contributed by atoms with van der Waals surface area (Å²) in [6.07, 6.45) is 7.72. The van der Waals surface area contributed by atoms with E-state index >= 15 is 0 Å². The fourth-order valence-corrected chi connectivity index (χ4v) is 4.72. The van der Waals surface area contributed by atoms with Crippen LogP contribution in [-0.2, 0) is 29.4 Å². The van der Waals surface area contributed by atoms with Gasteiger partial charge in [-0.2, -0.15) is 5.10 Å². The van der Waals surface area contributed by atoms with Gasteiger partial charge in [0.05, 0.1) is 17.5 Å². The second-order valence-electron chi connectivity index (χ2n) is 6.56. The Morgan fingerprint density at radius 1 is 1.21 bits per heavy atom. The molecular formula is C17H22N4O2S. The third kappa shape index (κ3) is 3.10. The number of nitrogens with zero attached hydrogens (tertiary/aromatic N) is 3. The Morgan fingerprint density at radius 2 is 2.04 bits per heavy atom. The van der Waals surface area contributed by atoms with Crippen molar-refractivity contribution >= 4 is 10.0 Å². The van der Waals surface area contributed by atoms with Gasteiger partial charge in [0, 0.05) is 24.0 Å². The summed E-state index contributed by atoms with van der Waals surface area (Å²) < 4.78 is 28.6. The molecule has 1 fully saturated rings. The van der Waals surface area contributed by atoms with Gasteiger partial charge in [-0.05, 0) is 50.7 Å². The summed E-state index contributed by atoms with van der Waals surface area (Å²) in [4.78, 5) is 4.43. The number of fused-ring (bicyclic) bond motifs is 1. The fourth-order valence-electron chi connectivity index (χ4n) is 3.35. The molecule has 128 valence electrons. The second-order valence-corrected chi connectivity index (χ2v) is 8.60. The van der Waals surface area contributed by atoms with Gasteiger partial charge >= 0.3 is 0 Å². The van der Waals surface area contributed by atoms with E-state index < -0.39 is 10.0 Å². The molecule has 0 aliphatic heterocycles. The van der Waals surface area contributed by atoms with Gasteiger partial charge in [-0.15, -0.1) is 0 Å². The molecule has 7 heteroatoms. The Bertz CT molecular complexity index is 826. The van der Waals surface area contributed by atoms with Crippen molar-refractivity contribution in [3.8, 4) is 11.4 Å². The van der Waals surface area contributed by atoms with Crippen molar-refractivity contribution in [1.29, 1.82) is 0 Å². The first-order chi connectivity index (χ1) is 11.6. The van der Waals surface area contributed by atoms with E-state index in [1.807, 2.05) is 22.9 Å². The smallest absolute Gasteiger partial charge is 0.214 e. The topological polar surface area (TPSA) is 76.9 Å². The summed E-state index contributed by atoms with van der Waals surface area (Å²) >= 11 is 0. The van der Waals surface area contributed by atoms with Crippen molar-refractivity contribution in [2.45, 2.75) is 50.3 Å². The monoisotopic (exact) mass is 346 g/mol. The summed E-state index contributed by atoms with van der Waals surface area (Å²) in [6, 6.07) is 5.86. The average molecular weight is 346 g/mol. The van der Waals surface area contributed by atoms with Gasteiger partial charge in [-0.1, -0.05) is 6.07 Å². The van der Waals surface area contributed by atoms with Crippen molar-refractivity contribution < 1.29 is 8.42 Å². The molecule has 0 aromatic carbocycles. The second kappa shape index (κ2) is 6.29. The molecule has 2 aliphatic carbocycles. The minimum atomic E-state index is -3.13. The van der Waals surface area contributed by atoms with Crippen molar-refractivity contribution in [2.24, 2.45) is 0 Å². The van der Waals surface area contributed by atoms with E-state index in [0.717, 1.165) is 43.5 Å². The summed E-state index contributed by atoms with van der Waals surface area (Å²) in [5.41, 5.74) is 4.38. The lowest BCUT2D eigenvalue weighted by molar-refractivity contribution is 0.538. The summed E-state index contributed by atoms with van der Waals surface area (Å²) in [5, 5.41) is 4.59. The predicted octanol–water partition coefficient (Wildman–Crippen LogP) is 1.91. The minimum absolute atomic E-state index is 0.173. The zero-order valence-electron chi connectivity index (χ0n) is 13.6. The number of pyridine rings is 1. The standard InChI is InChI=1S/C17H22N4O2S/c22-24(23,13-8-9-13)19-11-12-21-16-7-2-1-5-14(16)17(20-21)15-6-3-4-10-18-15/h3-4,6,10,13,19H,1-2,5,7-9,11-12H2. The molecule has 0 atom stereocenters. The van der Waals surface area contributed by atoms with Crippen LogP contribution in [0.4, 0.5) is 0 Å². The molecule has 0 radical (unpaired) electrons. The maximum Gasteiger partial charge on any atom is 0.214 e. The zero-order chi connectivity index (χ0) is 16.6. The molecule has 6 nitrogen and oxygen atoms in total. The molecule has 2 aliphatic rings. The first-order valence-electron chi connectivity index (χ1n) is 8.63. The van der Waals surface area contributed by atoms with Crippen LogP contribution in [0.3, 0.4) is 0 Å². The van der Waals surface area contributed by atoms with E-state index in [9.17, 15) is 8.42 Å². The van der Waals surface area contributed by atoms with E-state index in [1.54, 1.807) is 6.20 Å². The van der Waals surface area contributed by atoms with Crippen LogP contribution < -0.4 is 4.72 Å². The highest BCUT2D eigenvalue weighted by molar-refractivity contribution is 7.90. The SMILES string of the molecule is O=S(=O)(NCCn1nc(-c2ccccn2)c2c1CCCC2)C1CC1. The molecule has 0 bridgehead atoms. The maximum atomic E-state index is 11.9. The summed E-state index contributed by atoms with van der Waals surface area (Å²) in [7, 11) is -3.13. The van der Waals surface area contributed by atoms with Crippen molar-refractivity contribution in [3.05, 3.63) is 35.7 Å². The van der Waals surface area contributed by atoms with E-state index in [0.29, 0.717) is 13.1 Å². The molecular weight excluding hydrogens is 324 g/mol. The van der Waals surface area contributed by atoms with Gasteiger partial charge in [0.15, 0.2) is 0 Å². The molecule has 4 rings (SSSR count). The summed E-state index contributed by atoms with van der Waals surface area (Å²) in [5.74, 6) is 0. The van der Waals surface area contributed by atoms with Crippen LogP contribution >= 0.6 is 0 Å². The molecule has 2 aromatic heterocycles. The lowest BCUT2D eigenvalue weighted by atomic mass is 9.95. The number of hydrogen-bond donors (Lipinski definition) is 1. The highest BCUT2D eigenvalue weighted by Crippen LogP contribution is 2.30. The van der Waals surface area contributed by atoms with Crippen LogP contribution in [0.2, 0.25) is 0 Å². The number of rotatable bonds is 6. The van der Waals surface area contributed by atoms with E-state index in [2.05, 4.69) is 9.71 Å².